The van der Waals surface area contributed by atoms with Crippen LogP contribution in [-0.4, -0.2) is 22.9 Å². The summed E-state index contributed by atoms with van der Waals surface area (Å²) in [4.78, 5) is 25.8. The molecule has 0 saturated heterocycles. The lowest BCUT2D eigenvalue weighted by molar-refractivity contribution is -0.384. The monoisotopic (exact) mass is 290 g/mol. The number of aromatic nitrogens is 1. The first kappa shape index (κ1) is 14.4. The van der Waals surface area contributed by atoms with E-state index in [4.69, 9.17) is 0 Å². The summed E-state index contributed by atoms with van der Waals surface area (Å²) >= 11 is 0. The van der Waals surface area contributed by atoms with Crippen molar-refractivity contribution >= 4 is 23.1 Å². The highest BCUT2D eigenvalue weighted by atomic mass is 19.1. The van der Waals surface area contributed by atoms with E-state index in [1.807, 2.05) is 0 Å². The number of rotatable bonds is 4. The zero-order valence-corrected chi connectivity index (χ0v) is 11.0. The molecule has 0 atom stereocenters. The van der Waals surface area contributed by atoms with Crippen molar-refractivity contribution in [2.24, 2.45) is 0 Å². The summed E-state index contributed by atoms with van der Waals surface area (Å²) < 4.78 is 13.9. The SMILES string of the molecule is CNc1nccc(C(=O)Nc2cccc([N+](=O)[O-])c2)c1F. The third-order valence-electron chi connectivity index (χ3n) is 2.69. The first-order valence-corrected chi connectivity index (χ1v) is 5.91. The van der Waals surface area contributed by atoms with Gasteiger partial charge in [0.2, 0.25) is 0 Å². The number of nitro benzene ring substituents is 1. The number of anilines is 2. The van der Waals surface area contributed by atoms with Gasteiger partial charge < -0.3 is 10.6 Å². The molecule has 0 saturated carbocycles. The van der Waals surface area contributed by atoms with Crippen LogP contribution in [0.1, 0.15) is 10.4 Å². The maximum atomic E-state index is 13.9. The second-order valence-electron chi connectivity index (χ2n) is 4.03. The van der Waals surface area contributed by atoms with Crippen LogP contribution in [0.4, 0.5) is 21.6 Å². The van der Waals surface area contributed by atoms with E-state index in [0.717, 1.165) is 0 Å². The van der Waals surface area contributed by atoms with E-state index in [0.29, 0.717) is 0 Å². The lowest BCUT2D eigenvalue weighted by Gasteiger charge is -2.08. The van der Waals surface area contributed by atoms with E-state index in [9.17, 15) is 19.3 Å². The molecule has 0 aliphatic rings. The maximum Gasteiger partial charge on any atom is 0.271 e. The lowest BCUT2D eigenvalue weighted by atomic mass is 10.2. The normalized spacial score (nSPS) is 10.0. The number of carbonyl (C=O) groups excluding carboxylic acids is 1. The van der Waals surface area contributed by atoms with Gasteiger partial charge in [-0.3, -0.25) is 14.9 Å². The molecule has 1 aromatic heterocycles. The molecule has 108 valence electrons. The van der Waals surface area contributed by atoms with E-state index >= 15 is 0 Å². The zero-order chi connectivity index (χ0) is 15.4. The quantitative estimate of drug-likeness (QED) is 0.665. The van der Waals surface area contributed by atoms with E-state index in [1.54, 1.807) is 0 Å². The van der Waals surface area contributed by atoms with Gasteiger partial charge in [0.25, 0.3) is 11.6 Å². The van der Waals surface area contributed by atoms with Crippen LogP contribution in [0.25, 0.3) is 0 Å². The molecule has 2 N–H and O–H groups in total. The fourth-order valence-electron chi connectivity index (χ4n) is 1.69. The molecule has 8 heteroatoms. The van der Waals surface area contributed by atoms with Gasteiger partial charge in [-0.25, -0.2) is 9.37 Å². The molecular formula is C13H11FN4O3. The second kappa shape index (κ2) is 5.95. The predicted octanol–water partition coefficient (Wildman–Crippen LogP) is 2.42. The van der Waals surface area contributed by atoms with E-state index < -0.39 is 16.6 Å². The molecular weight excluding hydrogens is 279 g/mol. The predicted molar refractivity (Wildman–Crippen MR) is 74.8 cm³/mol. The minimum Gasteiger partial charge on any atom is -0.371 e. The molecule has 0 aliphatic heterocycles. The molecule has 2 rings (SSSR count). The molecule has 1 amide bonds. The van der Waals surface area contributed by atoms with Crippen molar-refractivity contribution in [2.75, 3.05) is 17.7 Å². The van der Waals surface area contributed by atoms with Crippen LogP contribution < -0.4 is 10.6 Å². The fourth-order valence-corrected chi connectivity index (χ4v) is 1.69. The van der Waals surface area contributed by atoms with Crippen LogP contribution in [0.5, 0.6) is 0 Å². The van der Waals surface area contributed by atoms with Crippen LogP contribution in [0.15, 0.2) is 36.5 Å². The average molecular weight is 290 g/mol. The van der Waals surface area contributed by atoms with Gasteiger partial charge in [-0.2, -0.15) is 0 Å². The molecule has 1 heterocycles. The lowest BCUT2D eigenvalue weighted by Crippen LogP contribution is -2.15. The van der Waals surface area contributed by atoms with Crippen molar-refractivity contribution < 1.29 is 14.1 Å². The summed E-state index contributed by atoms with van der Waals surface area (Å²) in [7, 11) is 1.48. The largest absolute Gasteiger partial charge is 0.371 e. The Morgan fingerprint density at radius 3 is 2.81 bits per heavy atom. The van der Waals surface area contributed by atoms with Crippen molar-refractivity contribution in [3.63, 3.8) is 0 Å². The molecule has 2 aromatic rings. The minimum absolute atomic E-state index is 0.0540. The number of benzene rings is 1. The Bertz CT molecular complexity index is 706. The Balaban J connectivity index is 2.26. The van der Waals surface area contributed by atoms with Gasteiger partial charge in [-0.05, 0) is 12.1 Å². The van der Waals surface area contributed by atoms with Crippen LogP contribution >= 0.6 is 0 Å². The fraction of sp³-hybridized carbons (Fsp3) is 0.0769. The van der Waals surface area contributed by atoms with Crippen molar-refractivity contribution in [1.82, 2.24) is 4.98 Å². The number of carbonyl (C=O) groups is 1. The Morgan fingerprint density at radius 2 is 2.14 bits per heavy atom. The van der Waals surface area contributed by atoms with Gasteiger partial charge >= 0.3 is 0 Å². The van der Waals surface area contributed by atoms with E-state index in [2.05, 4.69) is 15.6 Å². The highest BCUT2D eigenvalue weighted by molar-refractivity contribution is 6.05. The number of halogens is 1. The van der Waals surface area contributed by atoms with Gasteiger partial charge in [0.1, 0.15) is 0 Å². The highest BCUT2D eigenvalue weighted by Gasteiger charge is 2.16. The van der Waals surface area contributed by atoms with E-state index in [-0.39, 0.29) is 22.8 Å². The third kappa shape index (κ3) is 3.11. The zero-order valence-electron chi connectivity index (χ0n) is 11.0. The van der Waals surface area contributed by atoms with Gasteiger partial charge in [0.15, 0.2) is 11.6 Å². The maximum absolute atomic E-state index is 13.9. The summed E-state index contributed by atoms with van der Waals surface area (Å²) in [6.07, 6.45) is 1.29. The number of hydrogen-bond acceptors (Lipinski definition) is 5. The first-order valence-electron chi connectivity index (χ1n) is 5.91. The van der Waals surface area contributed by atoms with Crippen molar-refractivity contribution in [3.8, 4) is 0 Å². The second-order valence-corrected chi connectivity index (χ2v) is 4.03. The minimum atomic E-state index is -0.789. The number of hydrogen-bond donors (Lipinski definition) is 2. The average Bonchev–Trinajstić information content (AvgIpc) is 2.47. The van der Waals surface area contributed by atoms with Crippen molar-refractivity contribution in [3.05, 3.63) is 58.0 Å². The van der Waals surface area contributed by atoms with Gasteiger partial charge in [-0.15, -0.1) is 0 Å². The van der Waals surface area contributed by atoms with Crippen LogP contribution in [0, 0.1) is 15.9 Å². The first-order chi connectivity index (χ1) is 10.0. The number of nitrogens with zero attached hydrogens (tertiary/aromatic N) is 2. The smallest absolute Gasteiger partial charge is 0.271 e. The van der Waals surface area contributed by atoms with Crippen LogP contribution in [-0.2, 0) is 0 Å². The van der Waals surface area contributed by atoms with Gasteiger partial charge in [-0.1, -0.05) is 6.07 Å². The Labute approximate surface area is 119 Å². The molecule has 0 spiro atoms. The molecule has 0 fully saturated rings. The van der Waals surface area contributed by atoms with Crippen LogP contribution in [0.2, 0.25) is 0 Å². The standard InChI is InChI=1S/C13H11FN4O3/c1-15-12-11(14)10(5-6-16-12)13(19)17-8-3-2-4-9(7-8)18(20)21/h2-7H,1H3,(H,15,16)(H,17,19). The Hall–Kier alpha value is -3.03. The van der Waals surface area contributed by atoms with Gasteiger partial charge in [0, 0.05) is 31.1 Å². The molecule has 0 bridgehead atoms. The third-order valence-corrected chi connectivity index (χ3v) is 2.69. The van der Waals surface area contributed by atoms with E-state index in [1.165, 1.54) is 43.6 Å². The molecule has 0 unspecified atom stereocenters. The molecule has 7 nitrogen and oxygen atoms in total. The molecule has 0 radical (unpaired) electrons. The Morgan fingerprint density at radius 1 is 1.38 bits per heavy atom. The number of amides is 1. The summed E-state index contributed by atoms with van der Waals surface area (Å²) in [6, 6.07) is 6.61. The summed E-state index contributed by atoms with van der Waals surface area (Å²) in [6.45, 7) is 0. The highest BCUT2D eigenvalue weighted by Crippen LogP contribution is 2.19. The number of pyridine rings is 1. The number of nitrogens with one attached hydrogen (secondary N) is 2. The summed E-state index contributed by atoms with van der Waals surface area (Å²) in [5, 5.41) is 15.6. The molecule has 0 aliphatic carbocycles. The molecule has 21 heavy (non-hydrogen) atoms. The summed E-state index contributed by atoms with van der Waals surface area (Å²) in [5.41, 5.74) is -0.170. The summed E-state index contributed by atoms with van der Waals surface area (Å²) in [5.74, 6) is -1.56. The van der Waals surface area contributed by atoms with Crippen molar-refractivity contribution in [1.29, 1.82) is 0 Å². The number of nitro groups is 1. The number of non-ortho nitro benzene ring substituents is 1. The Kier molecular flexibility index (Phi) is 4.07. The topological polar surface area (TPSA) is 97.2 Å². The molecule has 1 aromatic carbocycles. The van der Waals surface area contributed by atoms with Crippen molar-refractivity contribution in [2.45, 2.75) is 0 Å². The van der Waals surface area contributed by atoms with Gasteiger partial charge in [0.05, 0.1) is 10.5 Å². The van der Waals surface area contributed by atoms with Crippen LogP contribution in [0.3, 0.4) is 0 Å².